The standard InChI is InChI=1S/C20H21N3O6/c1-27-17-10-14(8-9-16(17)29-13-20(26)28-2)12-21-23-19(25)11-18(24)22-15-6-4-3-5-7-15/h3-10,12H,11,13H2,1-2H3,(H,22,24)(H,23,25). The number of carbonyl (C=O) groups excluding carboxylic acids is 3. The molecule has 0 atom stereocenters. The Morgan fingerprint density at radius 3 is 2.45 bits per heavy atom. The topological polar surface area (TPSA) is 115 Å². The third kappa shape index (κ3) is 7.33. The molecule has 0 spiro atoms. The van der Waals surface area contributed by atoms with Gasteiger partial charge in [-0.15, -0.1) is 0 Å². The average Bonchev–Trinajstić information content (AvgIpc) is 2.72. The van der Waals surface area contributed by atoms with Crippen molar-refractivity contribution in [1.82, 2.24) is 5.43 Å². The number of hydrogen-bond acceptors (Lipinski definition) is 7. The number of hydrazone groups is 1. The minimum absolute atomic E-state index is 0.249. The molecule has 2 N–H and O–H groups in total. The number of benzene rings is 2. The van der Waals surface area contributed by atoms with Gasteiger partial charge >= 0.3 is 5.97 Å². The fourth-order valence-corrected chi connectivity index (χ4v) is 2.17. The van der Waals surface area contributed by atoms with E-state index >= 15 is 0 Å². The molecule has 29 heavy (non-hydrogen) atoms. The van der Waals surface area contributed by atoms with Crippen molar-refractivity contribution in [2.24, 2.45) is 5.10 Å². The van der Waals surface area contributed by atoms with E-state index in [4.69, 9.17) is 9.47 Å². The molecule has 9 heteroatoms. The molecule has 2 aromatic rings. The predicted octanol–water partition coefficient (Wildman–Crippen LogP) is 1.73. The maximum absolute atomic E-state index is 11.8. The number of methoxy groups -OCH3 is 2. The van der Waals surface area contributed by atoms with Gasteiger partial charge in [-0.3, -0.25) is 9.59 Å². The molecule has 0 saturated carbocycles. The van der Waals surface area contributed by atoms with Crippen molar-refractivity contribution >= 4 is 29.7 Å². The zero-order valence-corrected chi connectivity index (χ0v) is 16.0. The Morgan fingerprint density at radius 1 is 1.00 bits per heavy atom. The van der Waals surface area contributed by atoms with Gasteiger partial charge in [0.15, 0.2) is 18.1 Å². The lowest BCUT2D eigenvalue weighted by Crippen LogP contribution is -2.24. The summed E-state index contributed by atoms with van der Waals surface area (Å²) in [5.74, 6) is -0.780. The second-order valence-corrected chi connectivity index (χ2v) is 5.66. The average molecular weight is 399 g/mol. The Morgan fingerprint density at radius 2 is 1.76 bits per heavy atom. The second kappa shape index (κ2) is 11.1. The van der Waals surface area contributed by atoms with Crippen LogP contribution in [0.1, 0.15) is 12.0 Å². The minimum Gasteiger partial charge on any atom is -0.493 e. The lowest BCUT2D eigenvalue weighted by molar-refractivity contribution is -0.143. The number of para-hydroxylation sites is 1. The molecule has 0 aliphatic rings. The van der Waals surface area contributed by atoms with E-state index in [1.54, 1.807) is 42.5 Å². The number of nitrogens with zero attached hydrogens (tertiary/aromatic N) is 1. The van der Waals surface area contributed by atoms with E-state index in [-0.39, 0.29) is 13.0 Å². The first-order valence-electron chi connectivity index (χ1n) is 8.56. The van der Waals surface area contributed by atoms with Crippen LogP contribution in [0.5, 0.6) is 11.5 Å². The van der Waals surface area contributed by atoms with E-state index < -0.39 is 17.8 Å². The number of carbonyl (C=O) groups is 3. The SMILES string of the molecule is COC(=O)COc1ccc(C=NNC(=O)CC(=O)Nc2ccccc2)cc1OC. The summed E-state index contributed by atoms with van der Waals surface area (Å²) < 4.78 is 15.0. The molecule has 0 radical (unpaired) electrons. The van der Waals surface area contributed by atoms with Gasteiger partial charge in [-0.25, -0.2) is 10.2 Å². The number of nitrogens with one attached hydrogen (secondary N) is 2. The Kier molecular flexibility index (Phi) is 8.18. The van der Waals surface area contributed by atoms with Crippen LogP contribution in [-0.4, -0.2) is 44.8 Å². The first kappa shape index (κ1) is 21.4. The summed E-state index contributed by atoms with van der Waals surface area (Å²) in [7, 11) is 2.72. The van der Waals surface area contributed by atoms with Crippen molar-refractivity contribution in [3.63, 3.8) is 0 Å². The Hall–Kier alpha value is -3.88. The van der Waals surface area contributed by atoms with Gasteiger partial charge in [-0.2, -0.15) is 5.10 Å². The molecule has 2 aromatic carbocycles. The maximum Gasteiger partial charge on any atom is 0.343 e. The van der Waals surface area contributed by atoms with Crippen LogP contribution in [0.15, 0.2) is 53.6 Å². The van der Waals surface area contributed by atoms with Gasteiger partial charge < -0.3 is 19.5 Å². The van der Waals surface area contributed by atoms with E-state index in [1.807, 2.05) is 6.07 Å². The number of ether oxygens (including phenoxy) is 3. The summed E-state index contributed by atoms with van der Waals surface area (Å²) in [5.41, 5.74) is 3.50. The van der Waals surface area contributed by atoms with Crippen LogP contribution in [0.2, 0.25) is 0 Å². The highest BCUT2D eigenvalue weighted by Crippen LogP contribution is 2.27. The Labute approximate surface area is 167 Å². The van der Waals surface area contributed by atoms with Crippen molar-refractivity contribution in [2.45, 2.75) is 6.42 Å². The van der Waals surface area contributed by atoms with Crippen LogP contribution in [0.25, 0.3) is 0 Å². The smallest absolute Gasteiger partial charge is 0.343 e. The highest BCUT2D eigenvalue weighted by Gasteiger charge is 2.10. The van der Waals surface area contributed by atoms with E-state index in [0.29, 0.717) is 22.7 Å². The first-order chi connectivity index (χ1) is 14.0. The van der Waals surface area contributed by atoms with Crippen LogP contribution in [0.3, 0.4) is 0 Å². The van der Waals surface area contributed by atoms with Crippen molar-refractivity contribution < 1.29 is 28.6 Å². The first-order valence-corrected chi connectivity index (χ1v) is 8.56. The summed E-state index contributed by atoms with van der Waals surface area (Å²) in [6.45, 7) is -0.249. The summed E-state index contributed by atoms with van der Waals surface area (Å²) in [6.07, 6.45) is 1.02. The van der Waals surface area contributed by atoms with Crippen LogP contribution in [0, 0.1) is 0 Å². The fraction of sp³-hybridized carbons (Fsp3) is 0.200. The van der Waals surface area contributed by atoms with Gasteiger partial charge in [0.2, 0.25) is 11.8 Å². The molecule has 0 aliphatic carbocycles. The maximum atomic E-state index is 11.8. The summed E-state index contributed by atoms with van der Waals surface area (Å²) >= 11 is 0. The molecule has 2 rings (SSSR count). The Bertz CT molecular complexity index is 883. The van der Waals surface area contributed by atoms with Crippen molar-refractivity contribution in [2.75, 3.05) is 26.1 Å². The third-order valence-corrected chi connectivity index (χ3v) is 3.54. The van der Waals surface area contributed by atoms with Gasteiger partial charge in [0, 0.05) is 5.69 Å². The zero-order chi connectivity index (χ0) is 21.1. The Balaban J connectivity index is 1.86. The summed E-state index contributed by atoms with van der Waals surface area (Å²) in [5, 5.41) is 6.43. The lowest BCUT2D eigenvalue weighted by atomic mass is 10.2. The third-order valence-electron chi connectivity index (χ3n) is 3.54. The van der Waals surface area contributed by atoms with Crippen molar-refractivity contribution in [1.29, 1.82) is 0 Å². The molecule has 0 aliphatic heterocycles. The molecular formula is C20H21N3O6. The van der Waals surface area contributed by atoms with E-state index in [1.165, 1.54) is 20.4 Å². The van der Waals surface area contributed by atoms with Gasteiger partial charge in [-0.1, -0.05) is 18.2 Å². The van der Waals surface area contributed by atoms with Crippen LogP contribution < -0.4 is 20.2 Å². The van der Waals surface area contributed by atoms with Crippen LogP contribution in [-0.2, 0) is 19.1 Å². The lowest BCUT2D eigenvalue weighted by Gasteiger charge is -2.10. The highest BCUT2D eigenvalue weighted by atomic mass is 16.6. The summed E-state index contributed by atoms with van der Waals surface area (Å²) in [6, 6.07) is 13.7. The number of anilines is 1. The monoisotopic (exact) mass is 399 g/mol. The molecule has 152 valence electrons. The second-order valence-electron chi connectivity index (χ2n) is 5.66. The highest BCUT2D eigenvalue weighted by molar-refractivity contribution is 6.03. The van der Waals surface area contributed by atoms with Gasteiger partial charge in [0.05, 0.1) is 20.4 Å². The van der Waals surface area contributed by atoms with Crippen LogP contribution >= 0.6 is 0 Å². The summed E-state index contributed by atoms with van der Waals surface area (Å²) in [4.78, 5) is 34.8. The molecule has 0 heterocycles. The molecule has 0 unspecified atom stereocenters. The van der Waals surface area contributed by atoms with Crippen molar-refractivity contribution in [3.8, 4) is 11.5 Å². The largest absolute Gasteiger partial charge is 0.493 e. The van der Waals surface area contributed by atoms with Gasteiger partial charge in [0.1, 0.15) is 6.42 Å². The molecule has 9 nitrogen and oxygen atoms in total. The molecule has 0 bridgehead atoms. The molecular weight excluding hydrogens is 378 g/mol. The number of hydrogen-bond donors (Lipinski definition) is 2. The van der Waals surface area contributed by atoms with E-state index in [9.17, 15) is 14.4 Å². The molecule has 0 fully saturated rings. The number of rotatable bonds is 9. The predicted molar refractivity (Wildman–Crippen MR) is 106 cm³/mol. The number of amides is 2. The normalized spacial score (nSPS) is 10.3. The fourth-order valence-electron chi connectivity index (χ4n) is 2.17. The minimum atomic E-state index is -0.556. The molecule has 0 aromatic heterocycles. The molecule has 2 amide bonds. The quantitative estimate of drug-likeness (QED) is 0.287. The molecule has 0 saturated heterocycles. The van der Waals surface area contributed by atoms with Gasteiger partial charge in [-0.05, 0) is 35.9 Å². The van der Waals surface area contributed by atoms with E-state index in [2.05, 4.69) is 20.6 Å². The van der Waals surface area contributed by atoms with Crippen LogP contribution in [0.4, 0.5) is 5.69 Å². The zero-order valence-electron chi connectivity index (χ0n) is 16.0. The number of esters is 1. The van der Waals surface area contributed by atoms with Gasteiger partial charge in [0.25, 0.3) is 0 Å². The van der Waals surface area contributed by atoms with Crippen molar-refractivity contribution in [3.05, 3.63) is 54.1 Å². The van der Waals surface area contributed by atoms with E-state index in [0.717, 1.165) is 0 Å².